The summed E-state index contributed by atoms with van der Waals surface area (Å²) in [5, 5.41) is 20.3. The van der Waals surface area contributed by atoms with E-state index in [1.807, 2.05) is 0 Å². The Kier molecular flexibility index (Phi) is 6.89. The van der Waals surface area contributed by atoms with Crippen molar-refractivity contribution in [3.05, 3.63) is 41.0 Å². The summed E-state index contributed by atoms with van der Waals surface area (Å²) >= 11 is 5.92. The second kappa shape index (κ2) is 9.39. The molecule has 1 saturated carbocycles. The van der Waals surface area contributed by atoms with Gasteiger partial charge in [0.05, 0.1) is 12.6 Å². The lowest BCUT2D eigenvalue weighted by Gasteiger charge is -2.32. The number of hydrogen-bond donors (Lipinski definition) is 4. The van der Waals surface area contributed by atoms with Crippen molar-refractivity contribution in [1.29, 1.82) is 5.41 Å². The monoisotopic (exact) mass is 418 g/mol. The molecule has 156 valence electrons. The fourth-order valence-electron chi connectivity index (χ4n) is 3.67. The van der Waals surface area contributed by atoms with Crippen LogP contribution in [0.5, 0.6) is 0 Å². The van der Waals surface area contributed by atoms with Gasteiger partial charge < -0.3 is 26.5 Å². The third-order valence-corrected chi connectivity index (χ3v) is 5.27. The van der Waals surface area contributed by atoms with E-state index in [0.717, 1.165) is 18.5 Å². The van der Waals surface area contributed by atoms with Crippen molar-refractivity contribution in [3.8, 4) is 0 Å². The van der Waals surface area contributed by atoms with Crippen molar-refractivity contribution in [2.24, 2.45) is 5.73 Å². The Bertz CT molecular complexity index is 866. The van der Waals surface area contributed by atoms with Gasteiger partial charge in [0.1, 0.15) is 5.56 Å². The fraction of sp³-hybridized carbons (Fsp3) is 0.450. The number of nitrogens with two attached hydrogens (primary N) is 1. The first-order chi connectivity index (χ1) is 13.9. The van der Waals surface area contributed by atoms with Crippen molar-refractivity contribution in [2.75, 3.05) is 19.0 Å². The van der Waals surface area contributed by atoms with Crippen LogP contribution in [0.25, 0.3) is 0 Å². The second-order valence-electron chi connectivity index (χ2n) is 7.41. The molecule has 0 aliphatic heterocycles. The van der Waals surface area contributed by atoms with Crippen LogP contribution < -0.4 is 16.4 Å². The van der Waals surface area contributed by atoms with Gasteiger partial charge in [-0.1, -0.05) is 11.6 Å². The molecule has 1 aliphatic carbocycles. The van der Waals surface area contributed by atoms with Crippen LogP contribution in [0.1, 0.15) is 42.6 Å². The molecular weight excluding hydrogens is 392 g/mol. The SMILES string of the molecule is COCC(C)N[C@H]1CCC(n2cc(C(N)=O)c(Nc3ccc(Cl)cc3)n2)C(=N)C1. The first kappa shape index (κ1) is 21.3. The number of rotatable bonds is 8. The average Bonchev–Trinajstić information content (AvgIpc) is 3.07. The predicted octanol–water partition coefficient (Wildman–Crippen LogP) is 3.12. The minimum atomic E-state index is -0.567. The highest BCUT2D eigenvalue weighted by Crippen LogP contribution is 2.29. The summed E-state index contributed by atoms with van der Waals surface area (Å²) < 4.78 is 6.84. The number of halogens is 1. The van der Waals surface area contributed by atoms with Gasteiger partial charge in [0.15, 0.2) is 5.82 Å². The van der Waals surface area contributed by atoms with Crippen LogP contribution >= 0.6 is 11.6 Å². The molecule has 8 nitrogen and oxygen atoms in total. The van der Waals surface area contributed by atoms with E-state index in [1.54, 1.807) is 42.3 Å². The lowest BCUT2D eigenvalue weighted by Crippen LogP contribution is -2.44. The van der Waals surface area contributed by atoms with E-state index >= 15 is 0 Å². The molecule has 1 fully saturated rings. The van der Waals surface area contributed by atoms with Gasteiger partial charge >= 0.3 is 0 Å². The standard InChI is InChI=1S/C20H27ClN6O2/c1-12(11-29-2)24-15-7-8-18(17(22)9-15)27-10-16(19(23)28)20(26-27)25-14-5-3-13(21)4-6-14/h3-6,10,12,15,18,22,24H,7-9,11H2,1-2H3,(H2,23,28)(H,25,26)/t12?,15-,18?/m0/s1. The quantitative estimate of drug-likeness (QED) is 0.525. The highest BCUT2D eigenvalue weighted by molar-refractivity contribution is 6.30. The molecule has 3 rings (SSSR count). The molecule has 9 heteroatoms. The van der Waals surface area contributed by atoms with Crippen molar-refractivity contribution in [2.45, 2.75) is 44.3 Å². The van der Waals surface area contributed by atoms with Crippen LogP contribution in [0.4, 0.5) is 11.5 Å². The predicted molar refractivity (Wildman–Crippen MR) is 114 cm³/mol. The molecule has 1 aromatic heterocycles. The number of nitrogens with zero attached hydrogens (tertiary/aromatic N) is 2. The first-order valence-electron chi connectivity index (χ1n) is 9.61. The molecule has 1 amide bonds. The van der Waals surface area contributed by atoms with Gasteiger partial charge in [0.2, 0.25) is 0 Å². The molecular formula is C20H27ClN6O2. The number of primary amides is 1. The van der Waals surface area contributed by atoms with E-state index in [1.165, 1.54) is 0 Å². The number of carbonyl (C=O) groups is 1. The third kappa shape index (κ3) is 5.35. The van der Waals surface area contributed by atoms with E-state index in [0.29, 0.717) is 35.1 Å². The zero-order valence-electron chi connectivity index (χ0n) is 16.6. The number of aromatic nitrogens is 2. The molecule has 2 aromatic rings. The summed E-state index contributed by atoms with van der Waals surface area (Å²) in [5.41, 5.74) is 7.17. The van der Waals surface area contributed by atoms with E-state index in [4.69, 9.17) is 27.5 Å². The van der Waals surface area contributed by atoms with Crippen molar-refractivity contribution in [3.63, 3.8) is 0 Å². The Morgan fingerprint density at radius 3 is 2.76 bits per heavy atom. The molecule has 1 heterocycles. The summed E-state index contributed by atoms with van der Waals surface area (Å²) in [4.78, 5) is 11.9. The van der Waals surface area contributed by atoms with Crippen molar-refractivity contribution >= 4 is 34.7 Å². The van der Waals surface area contributed by atoms with Gasteiger partial charge in [-0.25, -0.2) is 0 Å². The Balaban J connectivity index is 1.73. The van der Waals surface area contributed by atoms with Crippen LogP contribution in [-0.4, -0.2) is 47.2 Å². The number of ether oxygens (including phenoxy) is 1. The van der Waals surface area contributed by atoms with Gasteiger partial charge in [0.25, 0.3) is 5.91 Å². The molecule has 3 atom stereocenters. The van der Waals surface area contributed by atoms with Crippen LogP contribution in [0.2, 0.25) is 5.02 Å². The molecule has 0 spiro atoms. The van der Waals surface area contributed by atoms with Crippen LogP contribution in [-0.2, 0) is 4.74 Å². The van der Waals surface area contributed by atoms with Gasteiger partial charge in [-0.05, 0) is 44.0 Å². The Morgan fingerprint density at radius 1 is 1.41 bits per heavy atom. The van der Waals surface area contributed by atoms with Crippen LogP contribution in [0.3, 0.4) is 0 Å². The van der Waals surface area contributed by atoms with Crippen LogP contribution in [0.15, 0.2) is 30.5 Å². The zero-order valence-corrected chi connectivity index (χ0v) is 17.4. The molecule has 1 aliphatic rings. The van der Waals surface area contributed by atoms with E-state index in [9.17, 15) is 4.79 Å². The lowest BCUT2D eigenvalue weighted by atomic mass is 9.89. The van der Waals surface area contributed by atoms with Crippen molar-refractivity contribution < 1.29 is 9.53 Å². The topological polar surface area (TPSA) is 118 Å². The number of benzene rings is 1. The van der Waals surface area contributed by atoms with E-state index in [2.05, 4.69) is 22.7 Å². The number of hydrogen-bond acceptors (Lipinski definition) is 6. The fourth-order valence-corrected chi connectivity index (χ4v) is 3.79. The Labute approximate surface area is 175 Å². The molecule has 0 radical (unpaired) electrons. The molecule has 0 saturated heterocycles. The zero-order chi connectivity index (χ0) is 21.0. The minimum Gasteiger partial charge on any atom is -0.383 e. The van der Waals surface area contributed by atoms with Gasteiger partial charge in [-0.3, -0.25) is 9.48 Å². The van der Waals surface area contributed by atoms with Gasteiger partial charge in [-0.15, -0.1) is 0 Å². The lowest BCUT2D eigenvalue weighted by molar-refractivity contribution is 0.100. The largest absolute Gasteiger partial charge is 0.383 e. The maximum atomic E-state index is 11.9. The minimum absolute atomic E-state index is 0.190. The highest BCUT2D eigenvalue weighted by atomic mass is 35.5. The second-order valence-corrected chi connectivity index (χ2v) is 7.85. The number of anilines is 2. The summed E-state index contributed by atoms with van der Waals surface area (Å²) in [6.07, 6.45) is 3.93. The average molecular weight is 419 g/mol. The molecule has 5 N–H and O–H groups in total. The smallest absolute Gasteiger partial charge is 0.254 e. The molecule has 2 unspecified atom stereocenters. The van der Waals surface area contributed by atoms with Gasteiger partial charge in [-0.2, -0.15) is 5.10 Å². The maximum absolute atomic E-state index is 11.9. The summed E-state index contributed by atoms with van der Waals surface area (Å²) in [6, 6.07) is 7.37. The summed E-state index contributed by atoms with van der Waals surface area (Å²) in [5.74, 6) is -0.190. The molecule has 29 heavy (non-hydrogen) atoms. The number of carbonyl (C=O) groups excluding carboxylic acids is 1. The maximum Gasteiger partial charge on any atom is 0.254 e. The van der Waals surface area contributed by atoms with E-state index in [-0.39, 0.29) is 18.1 Å². The van der Waals surface area contributed by atoms with E-state index < -0.39 is 5.91 Å². The summed E-state index contributed by atoms with van der Waals surface area (Å²) in [6.45, 7) is 2.70. The highest BCUT2D eigenvalue weighted by Gasteiger charge is 2.29. The number of methoxy groups -OCH3 is 1. The Morgan fingerprint density at radius 2 is 2.14 bits per heavy atom. The molecule has 1 aromatic carbocycles. The van der Waals surface area contributed by atoms with Gasteiger partial charge in [0, 0.05) is 48.2 Å². The first-order valence-corrected chi connectivity index (χ1v) is 9.99. The normalized spacial score (nSPS) is 20.4. The number of nitrogens with one attached hydrogen (secondary N) is 3. The third-order valence-electron chi connectivity index (χ3n) is 5.02. The summed E-state index contributed by atoms with van der Waals surface area (Å²) in [7, 11) is 1.68. The number of amides is 1. The Hall–Kier alpha value is -2.42. The van der Waals surface area contributed by atoms with Crippen LogP contribution in [0, 0.1) is 5.41 Å². The van der Waals surface area contributed by atoms with Crippen molar-refractivity contribution in [1.82, 2.24) is 15.1 Å². The molecule has 0 bridgehead atoms.